The third-order valence-electron chi connectivity index (χ3n) is 4.79. The molecule has 154 valence electrons. The number of halogens is 1. The second-order valence-electron chi connectivity index (χ2n) is 6.78. The number of hydrogen-bond acceptors (Lipinski definition) is 6. The lowest BCUT2D eigenvalue weighted by Crippen LogP contribution is -2.22. The second-order valence-corrected chi connectivity index (χ2v) is 8.95. The van der Waals surface area contributed by atoms with E-state index < -0.39 is 0 Å². The topological polar surface area (TPSA) is 65.7 Å². The van der Waals surface area contributed by atoms with Gasteiger partial charge in [0.25, 0.3) is 5.56 Å². The molecule has 0 atom stereocenters. The number of ether oxygens (including phenoxy) is 2. The van der Waals surface area contributed by atoms with Crippen LogP contribution in [0.1, 0.15) is 11.3 Å². The van der Waals surface area contributed by atoms with Crippen molar-refractivity contribution >= 4 is 56.0 Å². The summed E-state index contributed by atoms with van der Waals surface area (Å²) >= 11 is 3.59. The minimum atomic E-state index is -0.0712. The van der Waals surface area contributed by atoms with E-state index in [0.29, 0.717) is 27.6 Å². The molecule has 6 nitrogen and oxygen atoms in total. The van der Waals surface area contributed by atoms with Gasteiger partial charge in [-0.15, -0.1) is 0 Å². The average Bonchev–Trinajstić information content (AvgIpc) is 3.29. The van der Waals surface area contributed by atoms with Crippen molar-refractivity contribution in [3.05, 3.63) is 90.5 Å². The molecule has 31 heavy (non-hydrogen) atoms. The van der Waals surface area contributed by atoms with Gasteiger partial charge >= 0.3 is 0 Å². The molecule has 0 bridgehead atoms. The molecule has 0 unspecified atom stereocenters. The zero-order valence-electron chi connectivity index (χ0n) is 16.4. The van der Waals surface area contributed by atoms with Crippen molar-refractivity contribution in [1.82, 2.24) is 14.4 Å². The highest BCUT2D eigenvalue weighted by atomic mass is 127. The zero-order valence-corrected chi connectivity index (χ0v) is 19.4. The Hall–Kier alpha value is -2.98. The summed E-state index contributed by atoms with van der Waals surface area (Å²) in [4.78, 5) is 22.5. The number of methoxy groups -OCH3 is 1. The molecule has 0 amide bonds. The molecule has 3 heterocycles. The largest absolute Gasteiger partial charge is 0.493 e. The minimum Gasteiger partial charge on any atom is -0.493 e. The summed E-state index contributed by atoms with van der Waals surface area (Å²) in [6.45, 7) is 0.343. The Morgan fingerprint density at radius 1 is 1.16 bits per heavy atom. The highest BCUT2D eigenvalue weighted by Crippen LogP contribution is 2.34. The molecule has 0 fully saturated rings. The first kappa shape index (κ1) is 20.0. The second kappa shape index (κ2) is 8.27. The number of fused-ring (bicyclic) bond motifs is 3. The highest BCUT2D eigenvalue weighted by Gasteiger charge is 2.14. The van der Waals surface area contributed by atoms with Crippen LogP contribution in [0, 0.1) is 3.57 Å². The minimum absolute atomic E-state index is 0.0712. The summed E-state index contributed by atoms with van der Waals surface area (Å²) in [5.74, 6) is 1.26. The molecule has 0 radical (unpaired) electrons. The Kier molecular flexibility index (Phi) is 5.33. The van der Waals surface area contributed by atoms with Gasteiger partial charge in [-0.2, -0.15) is 0 Å². The molecule has 3 aromatic heterocycles. The number of pyridine rings is 1. The van der Waals surface area contributed by atoms with Gasteiger partial charge in [0.1, 0.15) is 6.61 Å². The Morgan fingerprint density at radius 3 is 2.81 bits per heavy atom. The maximum Gasteiger partial charge on any atom is 0.274 e. The smallest absolute Gasteiger partial charge is 0.274 e. The van der Waals surface area contributed by atoms with E-state index in [2.05, 4.69) is 32.6 Å². The van der Waals surface area contributed by atoms with Crippen molar-refractivity contribution < 1.29 is 9.47 Å². The first-order valence-corrected chi connectivity index (χ1v) is 11.4. The monoisotopic (exact) mass is 541 g/mol. The predicted molar refractivity (Wildman–Crippen MR) is 130 cm³/mol. The van der Waals surface area contributed by atoms with Gasteiger partial charge in [0.2, 0.25) is 0 Å². The molecule has 0 spiro atoms. The van der Waals surface area contributed by atoms with E-state index in [1.807, 2.05) is 60.7 Å². The number of hydrogen-bond donors (Lipinski definition) is 0. The van der Waals surface area contributed by atoms with E-state index in [9.17, 15) is 4.79 Å². The average molecular weight is 541 g/mol. The summed E-state index contributed by atoms with van der Waals surface area (Å²) in [6.07, 6.45) is 3.60. The van der Waals surface area contributed by atoms with Gasteiger partial charge in [-0.1, -0.05) is 29.5 Å². The summed E-state index contributed by atoms with van der Waals surface area (Å²) in [6, 6.07) is 17.2. The fourth-order valence-electron chi connectivity index (χ4n) is 3.36. The molecule has 8 heteroatoms. The van der Waals surface area contributed by atoms with Crippen molar-refractivity contribution in [3.63, 3.8) is 0 Å². The van der Waals surface area contributed by atoms with Crippen LogP contribution in [-0.4, -0.2) is 21.5 Å². The molecule has 0 N–H and O–H groups in total. The third-order valence-corrected chi connectivity index (χ3v) is 6.56. The van der Waals surface area contributed by atoms with Gasteiger partial charge in [-0.3, -0.25) is 9.78 Å². The number of imidazole rings is 1. The van der Waals surface area contributed by atoms with Crippen LogP contribution in [0.2, 0.25) is 0 Å². The maximum absolute atomic E-state index is 13.0. The Bertz CT molecular complexity index is 1510. The first-order valence-electron chi connectivity index (χ1n) is 9.46. The zero-order chi connectivity index (χ0) is 21.4. The molecule has 0 saturated carbocycles. The lowest BCUT2D eigenvalue weighted by atomic mass is 10.2. The van der Waals surface area contributed by atoms with Gasteiger partial charge in [-0.25, -0.2) is 9.38 Å². The van der Waals surface area contributed by atoms with Crippen molar-refractivity contribution in [2.75, 3.05) is 7.11 Å². The van der Waals surface area contributed by atoms with Crippen LogP contribution in [0.25, 0.3) is 22.1 Å². The number of para-hydroxylation sites is 2. The lowest BCUT2D eigenvalue weighted by molar-refractivity contribution is 0.278. The first-order chi connectivity index (χ1) is 15.1. The maximum atomic E-state index is 13.0. The summed E-state index contributed by atoms with van der Waals surface area (Å²) < 4.78 is 14.7. The van der Waals surface area contributed by atoms with Crippen LogP contribution in [0.5, 0.6) is 11.5 Å². The van der Waals surface area contributed by atoms with Gasteiger partial charge in [-0.05, 0) is 70.6 Å². The van der Waals surface area contributed by atoms with Gasteiger partial charge in [0, 0.05) is 6.20 Å². The van der Waals surface area contributed by atoms with E-state index in [1.54, 1.807) is 17.7 Å². The van der Waals surface area contributed by atoms with Crippen LogP contribution in [0.15, 0.2) is 65.6 Å². The number of aromatic nitrogens is 3. The van der Waals surface area contributed by atoms with E-state index >= 15 is 0 Å². The molecular formula is C23H16IN3O3S. The van der Waals surface area contributed by atoms with Crippen LogP contribution in [0.4, 0.5) is 0 Å². The van der Waals surface area contributed by atoms with Crippen LogP contribution in [0.3, 0.4) is 0 Å². The normalized spacial score (nSPS) is 12.0. The standard InChI is InChI=1S/C23H16IN3O3S/c1-29-19-11-14(10-16(24)21(19)30-13-15-6-4-5-9-25-15)12-20-22(28)27-18-8-3-2-7-17(18)26-23(27)31-20/h2-12H,13H2,1H3/b20-12-. The van der Waals surface area contributed by atoms with Gasteiger partial charge in [0.15, 0.2) is 16.5 Å². The lowest BCUT2D eigenvalue weighted by Gasteiger charge is -2.13. The van der Waals surface area contributed by atoms with E-state index in [4.69, 9.17) is 9.47 Å². The molecule has 5 aromatic rings. The molecule has 2 aromatic carbocycles. The van der Waals surface area contributed by atoms with Gasteiger partial charge in [0.05, 0.1) is 31.9 Å². The third kappa shape index (κ3) is 3.77. The summed E-state index contributed by atoms with van der Waals surface area (Å²) in [5, 5.41) is 0. The number of benzene rings is 2. The van der Waals surface area contributed by atoms with Gasteiger partial charge < -0.3 is 9.47 Å². The number of thiazole rings is 1. The van der Waals surface area contributed by atoms with Crippen LogP contribution < -0.4 is 19.6 Å². The molecular weight excluding hydrogens is 525 g/mol. The fraction of sp³-hybridized carbons (Fsp3) is 0.0870. The van der Waals surface area contributed by atoms with Crippen molar-refractivity contribution in [3.8, 4) is 11.5 Å². The van der Waals surface area contributed by atoms with Crippen molar-refractivity contribution in [2.45, 2.75) is 6.61 Å². The van der Waals surface area contributed by atoms with Crippen molar-refractivity contribution in [1.29, 1.82) is 0 Å². The quantitative estimate of drug-likeness (QED) is 0.315. The van der Waals surface area contributed by atoms with E-state index in [-0.39, 0.29) is 5.56 Å². The number of rotatable bonds is 5. The molecule has 0 saturated heterocycles. The molecule has 5 rings (SSSR count). The van der Waals surface area contributed by atoms with Crippen LogP contribution >= 0.6 is 33.9 Å². The Labute approximate surface area is 194 Å². The van der Waals surface area contributed by atoms with E-state index in [1.165, 1.54) is 11.3 Å². The molecule has 0 aliphatic carbocycles. The van der Waals surface area contributed by atoms with Crippen molar-refractivity contribution in [2.24, 2.45) is 0 Å². The molecule has 0 aliphatic rings. The highest BCUT2D eigenvalue weighted by molar-refractivity contribution is 14.1. The number of nitrogens with zero attached hydrogens (tertiary/aromatic N) is 3. The Balaban J connectivity index is 1.53. The van der Waals surface area contributed by atoms with E-state index in [0.717, 1.165) is 25.9 Å². The summed E-state index contributed by atoms with van der Waals surface area (Å²) in [5.41, 5.74) is 3.27. The molecule has 0 aliphatic heterocycles. The SMILES string of the molecule is COc1cc(/C=c2\sc3nc4ccccc4n3c2=O)cc(I)c1OCc1ccccn1. The summed E-state index contributed by atoms with van der Waals surface area (Å²) in [7, 11) is 1.60. The van der Waals surface area contributed by atoms with Crippen LogP contribution in [-0.2, 0) is 6.61 Å². The fourth-order valence-corrected chi connectivity index (χ4v) is 5.12. The Morgan fingerprint density at radius 2 is 2.00 bits per heavy atom. The predicted octanol–water partition coefficient (Wildman–Crippen LogP) is 4.04.